The summed E-state index contributed by atoms with van der Waals surface area (Å²) in [5.41, 5.74) is 30.8. The molecule has 102 heavy (non-hydrogen) atoms. The van der Waals surface area contributed by atoms with Crippen molar-refractivity contribution in [3.63, 3.8) is 0 Å². The fraction of sp³-hybridized carbons (Fsp3) is 0.0667. The summed E-state index contributed by atoms with van der Waals surface area (Å²) >= 11 is 0. The summed E-state index contributed by atoms with van der Waals surface area (Å²) in [7, 11) is -5.39. The molecule has 486 valence electrons. The van der Waals surface area contributed by atoms with E-state index in [1.807, 2.05) is 24.3 Å². The Hall–Kier alpha value is -11.7. The van der Waals surface area contributed by atoms with Crippen molar-refractivity contribution in [2.45, 2.75) is 39.5 Å². The van der Waals surface area contributed by atoms with E-state index in [0.717, 1.165) is 97.0 Å². The van der Waals surface area contributed by atoms with E-state index in [4.69, 9.17) is 0 Å². The minimum atomic E-state index is -3.03. The van der Waals surface area contributed by atoms with Gasteiger partial charge in [-0.15, -0.1) is 0 Å². The largest absolute Gasteiger partial charge is 0.311 e. The van der Waals surface area contributed by atoms with E-state index in [1.165, 1.54) is 81.6 Å². The second-order valence-corrected chi connectivity index (χ2v) is 37.5. The van der Waals surface area contributed by atoms with Crippen molar-refractivity contribution in [2.75, 3.05) is 29.4 Å². The van der Waals surface area contributed by atoms with Crippen molar-refractivity contribution in [2.24, 2.45) is 0 Å². The molecule has 6 aliphatic rings. The molecular formula is C90H68B2F2N6Si2. The third-order valence-corrected chi connectivity index (χ3v) is 30.6. The number of para-hydroxylation sites is 6. The van der Waals surface area contributed by atoms with Crippen molar-refractivity contribution in [3.8, 4) is 0 Å². The van der Waals surface area contributed by atoms with Crippen molar-refractivity contribution >= 4 is 185 Å². The zero-order chi connectivity index (χ0) is 68.4. The van der Waals surface area contributed by atoms with E-state index in [2.05, 4.69) is 324 Å². The molecule has 20 rings (SSSR count). The van der Waals surface area contributed by atoms with Gasteiger partial charge in [-0.2, -0.15) is 0 Å². The van der Waals surface area contributed by atoms with Crippen LogP contribution in [0.2, 0.25) is 19.6 Å². The van der Waals surface area contributed by atoms with Gasteiger partial charge in [0.1, 0.15) is 27.8 Å². The maximum Gasteiger partial charge on any atom is 0.251 e. The molecule has 6 heterocycles. The summed E-state index contributed by atoms with van der Waals surface area (Å²) in [6, 6.07) is 112. The van der Waals surface area contributed by atoms with Gasteiger partial charge in [0.05, 0.1) is 11.4 Å². The van der Waals surface area contributed by atoms with Crippen LogP contribution >= 0.6 is 0 Å². The van der Waals surface area contributed by atoms with Gasteiger partial charge in [0.15, 0.2) is 0 Å². The molecule has 0 saturated heterocycles. The molecular weight excluding hydrogens is 1280 g/mol. The summed E-state index contributed by atoms with van der Waals surface area (Å²) in [5, 5.41) is 5.72. The van der Waals surface area contributed by atoms with E-state index < -0.39 is 16.1 Å². The van der Waals surface area contributed by atoms with Crippen molar-refractivity contribution < 1.29 is 8.78 Å². The fourth-order valence-corrected chi connectivity index (χ4v) is 26.4. The van der Waals surface area contributed by atoms with Crippen LogP contribution in [0.3, 0.4) is 0 Å². The minimum Gasteiger partial charge on any atom is -0.311 e. The molecule has 0 spiro atoms. The highest BCUT2D eigenvalue weighted by molar-refractivity contribution is 7.17. The lowest BCUT2D eigenvalue weighted by Gasteiger charge is -2.51. The standard InChI is InChI=1S/C90H68B2F2N6Si2/c1-58-49-75-89-83(51-58)102(5,84-52-59(2)50-76-90(84)92(89)86-79(99(75)66-32-17-9-18-33-66)53-70(54-80(86)100(76)67-34-19-10-20-35-67)95(63-26-11-6-12-27-63)64-28-13-7-14-29-64)57-60-25-21-22-36-72(60)96(65-30-15-8-16-31-65)71-55-77-85-78(56-71)98(69-47-43-62(94)44-48-69)74-38-24-40-82-88(74)91(85)87-73(37-23-39-81(87)101(82,3)4)97(77)68-45-41-61(93)42-46-68/h6-56H,57H2,1-5H3. The molecule has 14 aromatic rings. The van der Waals surface area contributed by atoms with Gasteiger partial charge in [-0.05, 0) is 233 Å². The van der Waals surface area contributed by atoms with Gasteiger partial charge in [0.2, 0.25) is 0 Å². The highest BCUT2D eigenvalue weighted by Gasteiger charge is 2.55. The van der Waals surface area contributed by atoms with Crippen LogP contribution in [0.15, 0.2) is 309 Å². The molecule has 0 fully saturated rings. The molecule has 0 radical (unpaired) electrons. The molecule has 0 amide bonds. The second-order valence-electron chi connectivity index (χ2n) is 29.0. The number of halogens is 2. The summed E-state index contributed by atoms with van der Waals surface area (Å²) in [5.74, 6) is -0.575. The molecule has 6 aliphatic heterocycles. The molecule has 6 nitrogen and oxygen atoms in total. The topological polar surface area (TPSA) is 19.4 Å². The number of benzene rings is 14. The number of aryl methyl sites for hydroxylation is 2. The SMILES string of the molecule is Cc1cc2c3c(c1)[Si](C)(Cc1ccccc1N(c1ccccc1)c1cc4c5c(c1)N(c1ccc(F)cc1)c1cccc6c1B5c1c(cccc1[Si]6(C)C)N4c1ccc(F)cc1)c1cc(C)cc4c1B3c1c(cc(N(c3ccccc3)c3ccccc3)cc1N4c1ccccc1)N2c1ccccc1. The van der Waals surface area contributed by atoms with E-state index >= 15 is 8.78 Å². The van der Waals surface area contributed by atoms with E-state index in [0.29, 0.717) is 0 Å². The molecule has 0 saturated carbocycles. The first kappa shape index (κ1) is 60.3. The molecule has 0 bridgehead atoms. The van der Waals surface area contributed by atoms with Crippen molar-refractivity contribution in [1.29, 1.82) is 0 Å². The van der Waals surface area contributed by atoms with Crippen LogP contribution in [0.5, 0.6) is 0 Å². The normalized spacial score (nSPS) is 14.5. The van der Waals surface area contributed by atoms with Gasteiger partial charge in [0.25, 0.3) is 13.4 Å². The van der Waals surface area contributed by atoms with Crippen LogP contribution in [0.1, 0.15) is 16.7 Å². The average molecular weight is 1350 g/mol. The highest BCUT2D eigenvalue weighted by Crippen LogP contribution is 2.52. The Morgan fingerprint density at radius 2 is 0.627 bits per heavy atom. The zero-order valence-corrected chi connectivity index (χ0v) is 59.2. The molecule has 12 heteroatoms. The average Bonchev–Trinajstić information content (AvgIpc) is 0.678. The van der Waals surface area contributed by atoms with Crippen LogP contribution in [0.25, 0.3) is 0 Å². The second kappa shape index (κ2) is 22.7. The van der Waals surface area contributed by atoms with Gasteiger partial charge in [0, 0.05) is 91.0 Å². The van der Waals surface area contributed by atoms with E-state index in [1.54, 1.807) is 24.3 Å². The predicted molar refractivity (Wildman–Crippen MR) is 431 cm³/mol. The Bertz CT molecular complexity index is 5480. The molecule has 0 aliphatic carbocycles. The van der Waals surface area contributed by atoms with Crippen LogP contribution in [-0.4, -0.2) is 29.6 Å². The lowest BCUT2D eigenvalue weighted by atomic mass is 9.33. The molecule has 0 atom stereocenters. The maximum absolute atomic E-state index is 15.4. The first-order valence-electron chi connectivity index (χ1n) is 35.5. The van der Waals surface area contributed by atoms with Crippen LogP contribution in [0.4, 0.5) is 111 Å². The number of hydrogen-bond donors (Lipinski definition) is 0. The van der Waals surface area contributed by atoms with Gasteiger partial charge >= 0.3 is 0 Å². The third-order valence-electron chi connectivity index (χ3n) is 22.7. The van der Waals surface area contributed by atoms with Gasteiger partial charge in [-0.25, -0.2) is 8.78 Å². The lowest BCUT2D eigenvalue weighted by molar-refractivity contribution is 0.627. The van der Waals surface area contributed by atoms with E-state index in [9.17, 15) is 0 Å². The number of hydrogen-bond acceptors (Lipinski definition) is 6. The summed E-state index contributed by atoms with van der Waals surface area (Å²) < 4.78 is 30.8. The van der Waals surface area contributed by atoms with Crippen LogP contribution < -0.4 is 82.9 Å². The first-order valence-corrected chi connectivity index (χ1v) is 41.2. The predicted octanol–water partition coefficient (Wildman–Crippen LogP) is 17.1. The molecule has 14 aromatic carbocycles. The third kappa shape index (κ3) is 8.82. The number of rotatable bonds is 12. The maximum atomic E-state index is 15.4. The monoisotopic (exact) mass is 1350 g/mol. The van der Waals surface area contributed by atoms with Crippen LogP contribution in [-0.2, 0) is 6.04 Å². The van der Waals surface area contributed by atoms with Gasteiger partial charge in [-0.3, -0.25) is 0 Å². The lowest BCUT2D eigenvalue weighted by Crippen LogP contribution is -2.81. The number of anilines is 18. The van der Waals surface area contributed by atoms with E-state index in [-0.39, 0.29) is 25.1 Å². The Balaban J connectivity index is 0.833. The van der Waals surface area contributed by atoms with Crippen molar-refractivity contribution in [3.05, 3.63) is 338 Å². The minimum absolute atomic E-state index is 0.0840. The van der Waals surface area contributed by atoms with Gasteiger partial charge < -0.3 is 29.4 Å². The summed E-state index contributed by atoms with van der Waals surface area (Å²) in [4.78, 5) is 14.9. The molecule has 0 aromatic heterocycles. The summed E-state index contributed by atoms with van der Waals surface area (Å²) in [6.07, 6.45) is 0. The Labute approximate surface area is 597 Å². The summed E-state index contributed by atoms with van der Waals surface area (Å²) in [6.45, 7) is 12.1. The Morgan fingerprint density at radius 1 is 0.294 bits per heavy atom. The first-order chi connectivity index (χ1) is 49.9. The zero-order valence-electron chi connectivity index (χ0n) is 57.2. The van der Waals surface area contributed by atoms with Crippen LogP contribution in [0, 0.1) is 25.5 Å². The Kier molecular flexibility index (Phi) is 13.4. The van der Waals surface area contributed by atoms with Gasteiger partial charge in [-0.1, -0.05) is 186 Å². The smallest absolute Gasteiger partial charge is 0.251 e. The fourth-order valence-electron chi connectivity index (χ4n) is 18.6. The number of nitrogens with zero attached hydrogens (tertiary/aromatic N) is 6. The Morgan fingerprint density at radius 3 is 1.05 bits per heavy atom. The quantitative estimate of drug-likeness (QED) is 0.113. The molecule has 0 unspecified atom stereocenters. The van der Waals surface area contributed by atoms with Crippen molar-refractivity contribution in [1.82, 2.24) is 0 Å². The molecule has 0 N–H and O–H groups in total. The highest BCUT2D eigenvalue weighted by atomic mass is 28.3.